The minimum Gasteiger partial charge on any atom is -0.346 e. The molecule has 0 radical (unpaired) electrons. The molecule has 1 N–H and O–H groups in total. The largest absolute Gasteiger partial charge is 0.346 e. The molecule has 1 saturated heterocycles. The highest BCUT2D eigenvalue weighted by Crippen LogP contribution is 2.25. The second-order valence-electron chi connectivity index (χ2n) is 4.82. The quantitative estimate of drug-likeness (QED) is 0.875. The van der Waals surface area contributed by atoms with Crippen molar-refractivity contribution in [2.75, 3.05) is 13.1 Å². The average molecular weight is 257 g/mol. The van der Waals surface area contributed by atoms with Crippen LogP contribution in [0.5, 0.6) is 0 Å². The van der Waals surface area contributed by atoms with E-state index in [0.717, 1.165) is 24.5 Å². The molecule has 2 aromatic heterocycles. The highest BCUT2D eigenvalue weighted by atomic mass is 16.2. The van der Waals surface area contributed by atoms with Crippen molar-refractivity contribution in [3.05, 3.63) is 42.0 Å². The van der Waals surface area contributed by atoms with Gasteiger partial charge in [0.25, 0.3) is 5.91 Å². The number of hydrogen-bond donors (Lipinski definition) is 1. The van der Waals surface area contributed by atoms with Gasteiger partial charge in [-0.1, -0.05) is 0 Å². The van der Waals surface area contributed by atoms with Gasteiger partial charge in [0, 0.05) is 43.3 Å². The van der Waals surface area contributed by atoms with Crippen LogP contribution in [0.3, 0.4) is 0 Å². The molecule has 0 unspecified atom stereocenters. The zero-order valence-electron chi connectivity index (χ0n) is 10.7. The van der Waals surface area contributed by atoms with Gasteiger partial charge >= 0.3 is 0 Å². The van der Waals surface area contributed by atoms with Gasteiger partial charge in [-0.2, -0.15) is 0 Å². The number of likely N-dealkylation sites (tertiary alicyclic amines) is 1. The topological polar surface area (TPSA) is 74.8 Å². The smallest absolute Gasteiger partial charge is 0.257 e. The molecule has 3 heterocycles. The van der Waals surface area contributed by atoms with Crippen LogP contribution in [0.25, 0.3) is 0 Å². The van der Waals surface area contributed by atoms with Crippen molar-refractivity contribution in [1.29, 1.82) is 0 Å². The average Bonchev–Trinajstić information content (AvgIpc) is 3.07. The summed E-state index contributed by atoms with van der Waals surface area (Å²) in [6, 6.07) is 0. The fourth-order valence-electron chi connectivity index (χ4n) is 2.40. The Bertz CT molecular complexity index is 580. The second-order valence-corrected chi connectivity index (χ2v) is 4.82. The molecule has 0 saturated carbocycles. The number of rotatable bonds is 2. The Morgan fingerprint density at radius 2 is 2.16 bits per heavy atom. The van der Waals surface area contributed by atoms with Crippen LogP contribution in [0.15, 0.2) is 24.9 Å². The summed E-state index contributed by atoms with van der Waals surface area (Å²) in [4.78, 5) is 29.4. The fraction of sp³-hybridized carbons (Fsp3) is 0.385. The van der Waals surface area contributed by atoms with E-state index < -0.39 is 0 Å². The number of H-pyrrole nitrogens is 1. The van der Waals surface area contributed by atoms with Crippen molar-refractivity contribution in [2.45, 2.75) is 19.3 Å². The van der Waals surface area contributed by atoms with E-state index in [1.807, 2.05) is 18.0 Å². The van der Waals surface area contributed by atoms with Gasteiger partial charge in [0.05, 0.1) is 5.56 Å². The summed E-state index contributed by atoms with van der Waals surface area (Å²) in [6.45, 7) is 3.43. The molecule has 98 valence electrons. The zero-order valence-corrected chi connectivity index (χ0v) is 10.7. The molecule has 1 atom stereocenters. The number of carbonyl (C=O) groups excluding carboxylic acids is 1. The summed E-state index contributed by atoms with van der Waals surface area (Å²) in [6.07, 6.45) is 7.30. The van der Waals surface area contributed by atoms with E-state index in [1.165, 1.54) is 6.33 Å². The number of amides is 1. The van der Waals surface area contributed by atoms with E-state index in [9.17, 15) is 4.79 Å². The third-order valence-corrected chi connectivity index (χ3v) is 3.39. The van der Waals surface area contributed by atoms with E-state index in [2.05, 4.69) is 19.9 Å². The summed E-state index contributed by atoms with van der Waals surface area (Å²) in [7, 11) is 0. The van der Waals surface area contributed by atoms with Crippen molar-refractivity contribution in [1.82, 2.24) is 24.8 Å². The predicted molar refractivity (Wildman–Crippen MR) is 68.6 cm³/mol. The van der Waals surface area contributed by atoms with Crippen LogP contribution in [0.4, 0.5) is 0 Å². The standard InChI is InChI=1S/C13H15N5O/c1-9-4-16-12(17-9)10-2-3-18(7-10)13(19)11-5-14-8-15-6-11/h4-6,8,10H,2-3,7H2,1H3,(H,16,17)/t10-/m0/s1. The molecule has 19 heavy (non-hydrogen) atoms. The molecule has 0 bridgehead atoms. The highest BCUT2D eigenvalue weighted by molar-refractivity contribution is 5.93. The monoisotopic (exact) mass is 257 g/mol. The van der Waals surface area contributed by atoms with E-state index in [1.54, 1.807) is 12.4 Å². The summed E-state index contributed by atoms with van der Waals surface area (Å²) in [5.74, 6) is 1.26. The molecule has 1 fully saturated rings. The number of nitrogens with zero attached hydrogens (tertiary/aromatic N) is 4. The van der Waals surface area contributed by atoms with Gasteiger partial charge in [-0.3, -0.25) is 4.79 Å². The Kier molecular flexibility index (Phi) is 2.98. The van der Waals surface area contributed by atoms with Gasteiger partial charge in [0.15, 0.2) is 0 Å². The first-order valence-corrected chi connectivity index (χ1v) is 6.30. The zero-order chi connectivity index (χ0) is 13.2. The molecule has 6 nitrogen and oxygen atoms in total. The predicted octanol–water partition coefficient (Wildman–Crippen LogP) is 1.14. The van der Waals surface area contributed by atoms with Crippen LogP contribution in [0.1, 0.15) is 34.2 Å². The summed E-state index contributed by atoms with van der Waals surface area (Å²) in [5.41, 5.74) is 1.59. The number of hydrogen-bond acceptors (Lipinski definition) is 4. The third kappa shape index (κ3) is 2.33. The summed E-state index contributed by atoms with van der Waals surface area (Å²) < 4.78 is 0. The van der Waals surface area contributed by atoms with Crippen molar-refractivity contribution in [3.8, 4) is 0 Å². The SMILES string of the molecule is Cc1cnc([C@H]2CCN(C(=O)c3cncnc3)C2)[nH]1. The Labute approximate surface area is 110 Å². The molecule has 6 heteroatoms. The van der Waals surface area contributed by atoms with Gasteiger partial charge in [0.2, 0.25) is 0 Å². The molecule has 0 aliphatic carbocycles. The van der Waals surface area contributed by atoms with E-state index in [-0.39, 0.29) is 5.91 Å². The Morgan fingerprint density at radius 3 is 2.84 bits per heavy atom. The molecule has 3 rings (SSSR count). The van der Waals surface area contributed by atoms with Gasteiger partial charge in [0.1, 0.15) is 12.2 Å². The lowest BCUT2D eigenvalue weighted by molar-refractivity contribution is 0.0789. The van der Waals surface area contributed by atoms with Gasteiger partial charge in [-0.25, -0.2) is 15.0 Å². The molecule has 0 aromatic carbocycles. The van der Waals surface area contributed by atoms with E-state index in [0.29, 0.717) is 18.0 Å². The van der Waals surface area contributed by atoms with Crippen LogP contribution in [-0.2, 0) is 0 Å². The lowest BCUT2D eigenvalue weighted by Crippen LogP contribution is -2.28. The van der Waals surface area contributed by atoms with Crippen LogP contribution < -0.4 is 0 Å². The van der Waals surface area contributed by atoms with Crippen molar-refractivity contribution in [2.24, 2.45) is 0 Å². The number of carbonyl (C=O) groups is 1. The fourth-order valence-corrected chi connectivity index (χ4v) is 2.40. The van der Waals surface area contributed by atoms with Crippen molar-refractivity contribution < 1.29 is 4.79 Å². The molecule has 2 aromatic rings. The Balaban J connectivity index is 1.71. The lowest BCUT2D eigenvalue weighted by atomic mass is 10.1. The molecular formula is C13H15N5O. The molecule has 0 spiro atoms. The minimum atomic E-state index is -0.00798. The second kappa shape index (κ2) is 4.79. The normalized spacial score (nSPS) is 18.8. The van der Waals surface area contributed by atoms with Gasteiger partial charge < -0.3 is 9.88 Å². The maximum absolute atomic E-state index is 12.2. The maximum Gasteiger partial charge on any atom is 0.257 e. The van der Waals surface area contributed by atoms with Gasteiger partial charge in [-0.05, 0) is 13.3 Å². The maximum atomic E-state index is 12.2. The number of aryl methyl sites for hydroxylation is 1. The highest BCUT2D eigenvalue weighted by Gasteiger charge is 2.29. The molecule has 1 amide bonds. The third-order valence-electron chi connectivity index (χ3n) is 3.39. The molecule has 1 aliphatic rings. The van der Waals surface area contributed by atoms with Crippen LogP contribution in [0, 0.1) is 6.92 Å². The lowest BCUT2D eigenvalue weighted by Gasteiger charge is -2.15. The first-order chi connectivity index (χ1) is 9.24. The Hall–Kier alpha value is -2.24. The van der Waals surface area contributed by atoms with Crippen LogP contribution in [0.2, 0.25) is 0 Å². The van der Waals surface area contributed by atoms with Crippen LogP contribution in [-0.4, -0.2) is 43.8 Å². The first-order valence-electron chi connectivity index (χ1n) is 6.30. The van der Waals surface area contributed by atoms with Crippen LogP contribution >= 0.6 is 0 Å². The van der Waals surface area contributed by atoms with Crippen molar-refractivity contribution in [3.63, 3.8) is 0 Å². The number of imidazole rings is 1. The Morgan fingerprint density at radius 1 is 1.37 bits per heavy atom. The summed E-state index contributed by atoms with van der Waals surface area (Å²) >= 11 is 0. The van der Waals surface area contributed by atoms with Crippen molar-refractivity contribution >= 4 is 5.91 Å². The molecule has 1 aliphatic heterocycles. The number of nitrogens with one attached hydrogen (secondary N) is 1. The number of aromatic amines is 1. The van der Waals surface area contributed by atoms with E-state index >= 15 is 0 Å². The van der Waals surface area contributed by atoms with E-state index in [4.69, 9.17) is 0 Å². The molecular weight excluding hydrogens is 242 g/mol. The van der Waals surface area contributed by atoms with Gasteiger partial charge in [-0.15, -0.1) is 0 Å². The minimum absolute atomic E-state index is 0.00798. The summed E-state index contributed by atoms with van der Waals surface area (Å²) in [5, 5.41) is 0. The number of aromatic nitrogens is 4. The first kappa shape index (κ1) is 11.8.